The van der Waals surface area contributed by atoms with E-state index >= 15 is 0 Å². The molecule has 0 aliphatic heterocycles. The van der Waals surface area contributed by atoms with Gasteiger partial charge in [0.1, 0.15) is 0 Å². The predicted molar refractivity (Wildman–Crippen MR) is 123 cm³/mol. The van der Waals surface area contributed by atoms with Gasteiger partial charge in [-0.2, -0.15) is 0 Å². The lowest BCUT2D eigenvalue weighted by Gasteiger charge is -2.21. The third-order valence-electron chi connectivity index (χ3n) is 5.51. The topological polar surface area (TPSA) is 68.2 Å². The van der Waals surface area contributed by atoms with Gasteiger partial charge in [-0.25, -0.2) is 0 Å². The van der Waals surface area contributed by atoms with Crippen LogP contribution in [0, 0.1) is 0 Å². The maximum Gasteiger partial charge on any atom is 0.179 e. The highest BCUT2D eigenvalue weighted by Gasteiger charge is 2.19. The molecule has 0 radical (unpaired) electrons. The number of Topliss-reactive ketones (excluding diaryl/α,β-unsaturated/α-hetero) is 1. The molecular weight excluding hydrogens is 384 g/mol. The van der Waals surface area contributed by atoms with Crippen LogP contribution in [0.25, 0.3) is 0 Å². The zero-order chi connectivity index (χ0) is 20.9. The van der Waals surface area contributed by atoms with Gasteiger partial charge in [-0.3, -0.25) is 4.79 Å². The number of aryl methyl sites for hydroxylation is 2. The lowest BCUT2D eigenvalue weighted by atomic mass is 9.86. The molecule has 0 unspecified atom stereocenters. The molecule has 1 aromatic heterocycles. The Morgan fingerprint density at radius 2 is 1.66 bits per heavy atom. The van der Waals surface area contributed by atoms with Gasteiger partial charge in [0.15, 0.2) is 5.78 Å². The number of hydrogen-bond donors (Lipinski definition) is 2. The standard InChI is InChI=1S/C24H36N2O2.ClH/c1-23(2,3)19-11-9-18(10-12-19)7-6-8-22(28)21-14-13-20(26(21)5)15-16-24(4,25)17-27;/h9-14,27H,6-8,15-17,25H2,1-5H3;1H/t24-;/m1./s1. The van der Waals surface area contributed by atoms with E-state index in [9.17, 15) is 9.90 Å². The Hall–Kier alpha value is -1.62. The van der Waals surface area contributed by atoms with Crippen molar-refractivity contribution in [2.45, 2.75) is 70.8 Å². The Kier molecular flexibility index (Phi) is 9.13. The van der Waals surface area contributed by atoms with Crippen LogP contribution in [-0.4, -0.2) is 27.6 Å². The molecule has 2 rings (SSSR count). The largest absolute Gasteiger partial charge is 0.394 e. The van der Waals surface area contributed by atoms with Crippen molar-refractivity contribution in [2.24, 2.45) is 12.8 Å². The molecular formula is C24H37ClN2O2. The molecule has 0 bridgehead atoms. The summed E-state index contributed by atoms with van der Waals surface area (Å²) in [6, 6.07) is 12.6. The van der Waals surface area contributed by atoms with Crippen LogP contribution in [0.5, 0.6) is 0 Å². The number of nitrogens with two attached hydrogens (primary N) is 1. The van der Waals surface area contributed by atoms with Gasteiger partial charge in [0.2, 0.25) is 0 Å². The Morgan fingerprint density at radius 1 is 1.03 bits per heavy atom. The summed E-state index contributed by atoms with van der Waals surface area (Å²) in [6.07, 6.45) is 3.73. The molecule has 29 heavy (non-hydrogen) atoms. The van der Waals surface area contributed by atoms with Crippen LogP contribution in [0.15, 0.2) is 36.4 Å². The van der Waals surface area contributed by atoms with Gasteiger partial charge in [-0.1, -0.05) is 45.0 Å². The number of aliphatic hydroxyl groups is 1. The number of benzene rings is 1. The lowest BCUT2D eigenvalue weighted by Crippen LogP contribution is -2.40. The molecule has 1 aromatic carbocycles. The molecule has 0 fully saturated rings. The summed E-state index contributed by atoms with van der Waals surface area (Å²) in [7, 11) is 1.93. The average Bonchev–Trinajstić information content (AvgIpc) is 3.00. The van der Waals surface area contributed by atoms with Gasteiger partial charge in [0.25, 0.3) is 0 Å². The first-order valence-electron chi connectivity index (χ1n) is 10.2. The highest BCUT2D eigenvalue weighted by molar-refractivity contribution is 5.94. The van der Waals surface area contributed by atoms with Crippen molar-refractivity contribution in [1.82, 2.24) is 4.57 Å². The zero-order valence-corrected chi connectivity index (χ0v) is 19.3. The summed E-state index contributed by atoms with van der Waals surface area (Å²) in [5, 5.41) is 9.29. The summed E-state index contributed by atoms with van der Waals surface area (Å²) in [5.74, 6) is 0.178. The number of carbonyl (C=O) groups excluding carboxylic acids is 1. The maximum atomic E-state index is 12.6. The summed E-state index contributed by atoms with van der Waals surface area (Å²) in [4.78, 5) is 12.6. The van der Waals surface area contributed by atoms with Crippen LogP contribution in [0.3, 0.4) is 0 Å². The first kappa shape index (κ1) is 25.4. The summed E-state index contributed by atoms with van der Waals surface area (Å²) < 4.78 is 1.97. The van der Waals surface area contributed by atoms with Gasteiger partial charge in [0, 0.05) is 24.7 Å². The summed E-state index contributed by atoms with van der Waals surface area (Å²) in [6.45, 7) is 8.45. The van der Waals surface area contributed by atoms with Crippen molar-refractivity contribution in [3.8, 4) is 0 Å². The quantitative estimate of drug-likeness (QED) is 0.583. The Morgan fingerprint density at radius 3 is 2.21 bits per heavy atom. The van der Waals surface area contributed by atoms with Crippen molar-refractivity contribution >= 4 is 18.2 Å². The van der Waals surface area contributed by atoms with Crippen molar-refractivity contribution in [3.05, 3.63) is 58.9 Å². The first-order valence-corrected chi connectivity index (χ1v) is 10.2. The smallest absolute Gasteiger partial charge is 0.179 e. The molecule has 1 heterocycles. The van der Waals surface area contributed by atoms with Gasteiger partial charge in [0.05, 0.1) is 12.3 Å². The minimum Gasteiger partial charge on any atom is -0.394 e. The van der Waals surface area contributed by atoms with E-state index in [1.165, 1.54) is 11.1 Å². The summed E-state index contributed by atoms with van der Waals surface area (Å²) >= 11 is 0. The monoisotopic (exact) mass is 420 g/mol. The lowest BCUT2D eigenvalue weighted by molar-refractivity contribution is 0.0972. The number of aliphatic hydroxyl groups excluding tert-OH is 1. The molecule has 4 nitrogen and oxygen atoms in total. The van der Waals surface area contributed by atoms with Crippen LogP contribution in [0.4, 0.5) is 0 Å². The molecule has 0 aliphatic rings. The third-order valence-corrected chi connectivity index (χ3v) is 5.51. The Balaban J connectivity index is 0.00000420. The Bertz CT molecular complexity index is 786. The van der Waals surface area contributed by atoms with E-state index in [0.717, 1.165) is 30.7 Å². The van der Waals surface area contributed by atoms with E-state index in [1.54, 1.807) is 0 Å². The van der Waals surface area contributed by atoms with Crippen LogP contribution in [-0.2, 0) is 25.3 Å². The highest BCUT2D eigenvalue weighted by Crippen LogP contribution is 2.23. The minimum absolute atomic E-state index is 0. The van der Waals surface area contributed by atoms with E-state index in [-0.39, 0.29) is 30.2 Å². The van der Waals surface area contributed by atoms with Gasteiger partial charge < -0.3 is 15.4 Å². The molecule has 0 spiro atoms. The van der Waals surface area contributed by atoms with Gasteiger partial charge in [-0.05, 0) is 61.3 Å². The van der Waals surface area contributed by atoms with E-state index in [1.807, 2.05) is 30.7 Å². The fourth-order valence-electron chi connectivity index (χ4n) is 3.33. The second-order valence-corrected chi connectivity index (χ2v) is 9.30. The number of carbonyl (C=O) groups is 1. The number of hydrogen-bond acceptors (Lipinski definition) is 3. The molecule has 162 valence electrons. The SMILES string of the molecule is Cl.Cn1c(CC[C@@](C)(N)CO)ccc1C(=O)CCCc1ccc(C(C)(C)C)cc1. The second-order valence-electron chi connectivity index (χ2n) is 9.30. The number of ketones is 1. The normalized spacial score (nSPS) is 13.6. The number of halogens is 1. The fraction of sp³-hybridized carbons (Fsp3) is 0.542. The van der Waals surface area contributed by atoms with Gasteiger partial charge in [-0.15, -0.1) is 12.4 Å². The molecule has 0 saturated heterocycles. The highest BCUT2D eigenvalue weighted by atomic mass is 35.5. The fourth-order valence-corrected chi connectivity index (χ4v) is 3.33. The van der Waals surface area contributed by atoms with Gasteiger partial charge >= 0.3 is 0 Å². The van der Waals surface area contributed by atoms with Crippen LogP contribution < -0.4 is 5.73 Å². The minimum atomic E-state index is -0.586. The van der Waals surface area contributed by atoms with E-state index in [2.05, 4.69) is 45.0 Å². The Labute approximate surface area is 181 Å². The average molecular weight is 421 g/mol. The first-order chi connectivity index (χ1) is 13.0. The number of rotatable bonds is 9. The molecule has 0 saturated carbocycles. The van der Waals surface area contributed by atoms with E-state index in [4.69, 9.17) is 5.73 Å². The van der Waals surface area contributed by atoms with Crippen molar-refractivity contribution < 1.29 is 9.90 Å². The molecule has 3 N–H and O–H groups in total. The van der Waals surface area contributed by atoms with Crippen LogP contribution in [0.1, 0.15) is 74.3 Å². The maximum absolute atomic E-state index is 12.6. The molecule has 5 heteroatoms. The zero-order valence-electron chi connectivity index (χ0n) is 18.5. The third kappa shape index (κ3) is 7.29. The van der Waals surface area contributed by atoms with Crippen molar-refractivity contribution in [3.63, 3.8) is 0 Å². The molecule has 0 aliphatic carbocycles. The molecule has 2 aromatic rings. The molecule has 1 atom stereocenters. The number of aromatic nitrogens is 1. The van der Waals surface area contributed by atoms with Crippen molar-refractivity contribution in [2.75, 3.05) is 6.61 Å². The van der Waals surface area contributed by atoms with Crippen molar-refractivity contribution in [1.29, 1.82) is 0 Å². The van der Waals surface area contributed by atoms with E-state index < -0.39 is 5.54 Å². The summed E-state index contributed by atoms with van der Waals surface area (Å²) in [5.41, 5.74) is 10.0. The van der Waals surface area contributed by atoms with E-state index in [0.29, 0.717) is 12.8 Å². The second kappa shape index (κ2) is 10.4. The number of nitrogens with zero attached hydrogens (tertiary/aromatic N) is 1. The van der Waals surface area contributed by atoms with Crippen LogP contribution in [0.2, 0.25) is 0 Å². The van der Waals surface area contributed by atoms with Crippen LogP contribution >= 0.6 is 12.4 Å². The predicted octanol–water partition coefficient (Wildman–Crippen LogP) is 4.59. The molecule has 0 amide bonds.